The first-order valence-electron chi connectivity index (χ1n) is 11.1. The van der Waals surface area contributed by atoms with Gasteiger partial charge < -0.3 is 19.3 Å². The Kier molecular flexibility index (Phi) is 8.93. The van der Waals surface area contributed by atoms with Crippen molar-refractivity contribution in [3.8, 4) is 11.3 Å². The van der Waals surface area contributed by atoms with Crippen LogP contribution in [0.25, 0.3) is 11.3 Å². The predicted molar refractivity (Wildman–Crippen MR) is 121 cm³/mol. The van der Waals surface area contributed by atoms with Crippen molar-refractivity contribution in [2.24, 2.45) is 0 Å². The number of nitrogens with zero attached hydrogens (tertiary/aromatic N) is 3. The zero-order valence-corrected chi connectivity index (χ0v) is 18.1. The number of piperidine rings is 1. The van der Waals surface area contributed by atoms with E-state index >= 15 is 0 Å². The number of aliphatic hydroxyl groups is 1. The molecule has 0 amide bonds. The van der Waals surface area contributed by atoms with Gasteiger partial charge >= 0.3 is 0 Å². The van der Waals surface area contributed by atoms with Gasteiger partial charge in [-0.15, -0.1) is 6.58 Å². The summed E-state index contributed by atoms with van der Waals surface area (Å²) in [5.74, 6) is 0.882. The van der Waals surface area contributed by atoms with E-state index in [4.69, 9.17) is 9.26 Å². The molecule has 0 unspecified atom stereocenters. The first-order valence-corrected chi connectivity index (χ1v) is 11.1. The molecule has 1 aromatic carbocycles. The van der Waals surface area contributed by atoms with Crippen LogP contribution in [0.2, 0.25) is 0 Å². The summed E-state index contributed by atoms with van der Waals surface area (Å²) in [7, 11) is 0. The molecule has 6 heteroatoms. The molecule has 1 fully saturated rings. The highest BCUT2D eigenvalue weighted by Crippen LogP contribution is 2.33. The smallest absolute Gasteiger partial charge is 0.232 e. The van der Waals surface area contributed by atoms with Gasteiger partial charge in [-0.2, -0.15) is 0 Å². The third-order valence-corrected chi connectivity index (χ3v) is 5.39. The van der Waals surface area contributed by atoms with Gasteiger partial charge in [-0.05, 0) is 32.2 Å². The molecule has 1 saturated heterocycles. The lowest BCUT2D eigenvalue weighted by Gasteiger charge is -2.29. The van der Waals surface area contributed by atoms with Crippen LogP contribution in [0.15, 0.2) is 47.5 Å². The highest BCUT2D eigenvalue weighted by atomic mass is 16.5. The summed E-state index contributed by atoms with van der Waals surface area (Å²) >= 11 is 0. The van der Waals surface area contributed by atoms with E-state index in [1.807, 2.05) is 18.2 Å². The Labute approximate surface area is 180 Å². The van der Waals surface area contributed by atoms with Crippen LogP contribution in [0.4, 0.5) is 5.88 Å². The maximum Gasteiger partial charge on any atom is 0.232 e. The minimum absolute atomic E-state index is 0.306. The molecule has 2 aromatic rings. The van der Waals surface area contributed by atoms with Gasteiger partial charge in [0.15, 0.2) is 0 Å². The van der Waals surface area contributed by atoms with Crippen LogP contribution in [0.1, 0.15) is 38.2 Å². The first-order chi connectivity index (χ1) is 14.7. The predicted octanol–water partition coefficient (Wildman–Crippen LogP) is 4.11. The van der Waals surface area contributed by atoms with Crippen molar-refractivity contribution in [1.29, 1.82) is 0 Å². The number of benzene rings is 1. The summed E-state index contributed by atoms with van der Waals surface area (Å²) < 4.78 is 11.3. The van der Waals surface area contributed by atoms with Gasteiger partial charge in [0.25, 0.3) is 0 Å². The van der Waals surface area contributed by atoms with Crippen LogP contribution >= 0.6 is 0 Å². The SMILES string of the molecule is C=CCOC[C@@H](O)CN(CCC)Cc1c(-c2ccccc2)noc1N1CCCCC1. The van der Waals surface area contributed by atoms with E-state index in [9.17, 15) is 5.11 Å². The highest BCUT2D eigenvalue weighted by Gasteiger charge is 2.26. The lowest BCUT2D eigenvalue weighted by molar-refractivity contribution is 0.0246. The topological polar surface area (TPSA) is 62.0 Å². The van der Waals surface area contributed by atoms with Crippen molar-refractivity contribution >= 4 is 5.88 Å². The quantitative estimate of drug-likeness (QED) is 0.417. The van der Waals surface area contributed by atoms with Crippen LogP contribution in [0.5, 0.6) is 0 Å². The lowest BCUT2D eigenvalue weighted by atomic mass is 10.1. The fraction of sp³-hybridized carbons (Fsp3) is 0.542. The van der Waals surface area contributed by atoms with Crippen molar-refractivity contribution in [3.63, 3.8) is 0 Å². The third kappa shape index (κ3) is 6.17. The highest BCUT2D eigenvalue weighted by molar-refractivity contribution is 5.68. The van der Waals surface area contributed by atoms with Crippen molar-refractivity contribution in [1.82, 2.24) is 10.1 Å². The lowest BCUT2D eigenvalue weighted by Crippen LogP contribution is -2.36. The van der Waals surface area contributed by atoms with Crippen LogP contribution in [-0.2, 0) is 11.3 Å². The number of hydrogen-bond donors (Lipinski definition) is 1. The normalized spacial score (nSPS) is 15.5. The number of aliphatic hydroxyl groups excluding tert-OH is 1. The number of aromatic nitrogens is 1. The maximum absolute atomic E-state index is 10.5. The molecule has 0 radical (unpaired) electrons. The van der Waals surface area contributed by atoms with Gasteiger partial charge in [0, 0.05) is 31.7 Å². The molecule has 164 valence electrons. The molecule has 0 saturated carbocycles. The Balaban J connectivity index is 1.82. The molecule has 1 aliphatic heterocycles. The average Bonchev–Trinajstić information content (AvgIpc) is 3.19. The van der Waals surface area contributed by atoms with Gasteiger partial charge in [-0.3, -0.25) is 4.90 Å². The van der Waals surface area contributed by atoms with Gasteiger partial charge in [0.05, 0.1) is 24.9 Å². The summed E-state index contributed by atoms with van der Waals surface area (Å²) in [6, 6.07) is 10.2. The van der Waals surface area contributed by atoms with Crippen molar-refractivity contribution < 1.29 is 14.4 Å². The molecule has 0 bridgehead atoms. The average molecular weight is 414 g/mol. The molecular formula is C24H35N3O3. The fourth-order valence-corrected chi connectivity index (χ4v) is 4.02. The van der Waals surface area contributed by atoms with Crippen LogP contribution in [0.3, 0.4) is 0 Å². The molecule has 2 heterocycles. The second-order valence-electron chi connectivity index (χ2n) is 7.94. The summed E-state index contributed by atoms with van der Waals surface area (Å²) in [6.07, 6.45) is 5.79. The van der Waals surface area contributed by atoms with Crippen molar-refractivity contribution in [2.75, 3.05) is 44.3 Å². The van der Waals surface area contributed by atoms with Gasteiger partial charge in [-0.25, -0.2) is 0 Å². The summed E-state index contributed by atoms with van der Waals surface area (Å²) in [5.41, 5.74) is 3.07. The molecule has 3 rings (SSSR count). The number of rotatable bonds is 12. The van der Waals surface area contributed by atoms with E-state index in [1.165, 1.54) is 19.3 Å². The summed E-state index contributed by atoms with van der Waals surface area (Å²) in [5, 5.41) is 14.9. The minimum atomic E-state index is -0.546. The van der Waals surface area contributed by atoms with Crippen LogP contribution in [0, 0.1) is 0 Å². The number of ether oxygens (including phenoxy) is 1. The van der Waals surface area contributed by atoms with E-state index in [2.05, 4.69) is 40.6 Å². The number of hydrogen-bond acceptors (Lipinski definition) is 6. The maximum atomic E-state index is 10.5. The van der Waals surface area contributed by atoms with Gasteiger partial charge in [-0.1, -0.05) is 48.5 Å². The summed E-state index contributed by atoms with van der Waals surface area (Å²) in [6.45, 7) is 10.7. The Morgan fingerprint density at radius 2 is 2.03 bits per heavy atom. The Morgan fingerprint density at radius 1 is 1.27 bits per heavy atom. The van der Waals surface area contributed by atoms with Gasteiger partial charge in [0.2, 0.25) is 5.88 Å². The van der Waals surface area contributed by atoms with E-state index < -0.39 is 6.10 Å². The zero-order valence-electron chi connectivity index (χ0n) is 18.1. The largest absolute Gasteiger partial charge is 0.389 e. The monoisotopic (exact) mass is 413 g/mol. The zero-order chi connectivity index (χ0) is 21.2. The van der Waals surface area contributed by atoms with Crippen LogP contribution in [-0.4, -0.2) is 60.7 Å². The first kappa shape index (κ1) is 22.5. The van der Waals surface area contributed by atoms with Crippen molar-refractivity contribution in [2.45, 2.75) is 45.3 Å². The molecular weight excluding hydrogens is 378 g/mol. The van der Waals surface area contributed by atoms with E-state index in [1.54, 1.807) is 6.08 Å². The number of anilines is 1. The molecule has 1 aliphatic rings. The Hall–Kier alpha value is -2.15. The molecule has 0 spiro atoms. The molecule has 1 aromatic heterocycles. The second kappa shape index (κ2) is 11.9. The Bertz CT molecular complexity index is 756. The fourth-order valence-electron chi connectivity index (χ4n) is 4.02. The molecule has 0 aliphatic carbocycles. The van der Waals surface area contributed by atoms with Crippen molar-refractivity contribution in [3.05, 3.63) is 48.6 Å². The Morgan fingerprint density at radius 3 is 2.73 bits per heavy atom. The van der Waals surface area contributed by atoms with E-state index in [0.717, 1.165) is 48.8 Å². The molecule has 1 atom stereocenters. The molecule has 6 nitrogen and oxygen atoms in total. The van der Waals surface area contributed by atoms with Gasteiger partial charge in [0.1, 0.15) is 5.69 Å². The minimum Gasteiger partial charge on any atom is -0.389 e. The molecule has 30 heavy (non-hydrogen) atoms. The third-order valence-electron chi connectivity index (χ3n) is 5.39. The standard InChI is InChI=1S/C24H35N3O3/c1-3-13-26(17-21(28)19-29-16-4-2)18-22-23(20-11-7-5-8-12-20)25-30-24(22)27-14-9-6-10-15-27/h4-5,7-8,11-12,21,28H,2-3,6,9-10,13-19H2,1H3/t21-/m0/s1. The van der Waals surface area contributed by atoms with E-state index in [0.29, 0.717) is 26.3 Å². The van der Waals surface area contributed by atoms with E-state index in [-0.39, 0.29) is 0 Å². The molecule has 1 N–H and O–H groups in total. The second-order valence-corrected chi connectivity index (χ2v) is 7.94. The summed E-state index contributed by atoms with van der Waals surface area (Å²) in [4.78, 5) is 4.60. The van der Waals surface area contributed by atoms with Crippen LogP contribution < -0.4 is 4.90 Å².